The second-order valence-corrected chi connectivity index (χ2v) is 7.09. The highest BCUT2D eigenvalue weighted by molar-refractivity contribution is 5.92. The van der Waals surface area contributed by atoms with Crippen molar-refractivity contribution in [2.75, 3.05) is 32.2 Å². The molecular weight excluding hydrogens is 340 g/mol. The molecule has 1 aliphatic carbocycles. The van der Waals surface area contributed by atoms with E-state index in [4.69, 9.17) is 9.47 Å². The molecule has 0 bridgehead atoms. The molecule has 0 atom stereocenters. The molecule has 5 nitrogen and oxygen atoms in total. The van der Waals surface area contributed by atoms with Gasteiger partial charge in [-0.05, 0) is 62.1 Å². The van der Waals surface area contributed by atoms with Crippen LogP contribution in [0.25, 0.3) is 0 Å². The van der Waals surface area contributed by atoms with Crippen molar-refractivity contribution in [2.24, 2.45) is 0 Å². The Balaban J connectivity index is 1.71. The van der Waals surface area contributed by atoms with Crippen LogP contribution in [0.2, 0.25) is 0 Å². The molecule has 2 aromatic carbocycles. The van der Waals surface area contributed by atoms with E-state index in [-0.39, 0.29) is 11.4 Å². The lowest BCUT2D eigenvalue weighted by Crippen LogP contribution is -2.43. The van der Waals surface area contributed by atoms with Crippen LogP contribution < -0.4 is 19.7 Å². The highest BCUT2D eigenvalue weighted by Crippen LogP contribution is 2.49. The molecule has 1 saturated carbocycles. The maximum atomic E-state index is 12.8. The number of nitrogens with zero attached hydrogens (tertiary/aromatic N) is 1. The lowest BCUT2D eigenvalue weighted by atomic mass is 9.95. The van der Waals surface area contributed by atoms with Crippen LogP contribution in [0.3, 0.4) is 0 Å². The van der Waals surface area contributed by atoms with E-state index in [9.17, 15) is 4.79 Å². The second-order valence-electron chi connectivity index (χ2n) is 7.09. The van der Waals surface area contributed by atoms with E-state index >= 15 is 0 Å². The third-order valence-electron chi connectivity index (χ3n) is 5.30. The van der Waals surface area contributed by atoms with Gasteiger partial charge in [-0.2, -0.15) is 0 Å². The Morgan fingerprint density at radius 1 is 1.11 bits per heavy atom. The van der Waals surface area contributed by atoms with Crippen molar-refractivity contribution in [1.29, 1.82) is 0 Å². The molecule has 0 aromatic heterocycles. The first kappa shape index (κ1) is 19.1. The molecule has 0 aliphatic heterocycles. The summed E-state index contributed by atoms with van der Waals surface area (Å²) in [6.07, 6.45) is 2.11. The van der Waals surface area contributed by atoms with E-state index in [0.29, 0.717) is 13.1 Å². The highest BCUT2D eigenvalue weighted by atomic mass is 16.5. The van der Waals surface area contributed by atoms with E-state index in [1.165, 1.54) is 5.56 Å². The number of carbonyl (C=O) groups excluding carboxylic acids is 1. The Hall–Kier alpha value is -2.69. The first-order valence-electron chi connectivity index (χ1n) is 9.37. The van der Waals surface area contributed by atoms with Crippen LogP contribution in [0.15, 0.2) is 42.5 Å². The van der Waals surface area contributed by atoms with Gasteiger partial charge in [0.1, 0.15) is 0 Å². The largest absolute Gasteiger partial charge is 0.493 e. The Morgan fingerprint density at radius 3 is 2.44 bits per heavy atom. The fourth-order valence-electron chi connectivity index (χ4n) is 3.46. The zero-order valence-corrected chi connectivity index (χ0v) is 16.5. The lowest BCUT2D eigenvalue weighted by Gasteiger charge is -2.24. The molecule has 0 saturated heterocycles. The molecule has 2 aromatic rings. The van der Waals surface area contributed by atoms with Gasteiger partial charge >= 0.3 is 6.03 Å². The normalized spacial score (nSPS) is 14.4. The molecule has 0 heterocycles. The summed E-state index contributed by atoms with van der Waals surface area (Å²) in [5.41, 5.74) is 3.23. The number of ether oxygens (including phenoxy) is 2. The SMILES string of the molecule is CCN(C(=O)NCC1(c2ccc(OC)c(OC)c2)CC1)c1cccc(C)c1. The lowest BCUT2D eigenvalue weighted by molar-refractivity contribution is 0.245. The first-order chi connectivity index (χ1) is 13.0. The van der Waals surface area contributed by atoms with Crippen LogP contribution in [-0.4, -0.2) is 33.3 Å². The number of methoxy groups -OCH3 is 2. The minimum Gasteiger partial charge on any atom is -0.493 e. The van der Waals surface area contributed by atoms with E-state index < -0.39 is 0 Å². The van der Waals surface area contributed by atoms with Crippen LogP contribution >= 0.6 is 0 Å². The predicted molar refractivity (Wildman–Crippen MR) is 108 cm³/mol. The van der Waals surface area contributed by atoms with Crippen molar-refractivity contribution in [3.63, 3.8) is 0 Å². The topological polar surface area (TPSA) is 50.8 Å². The van der Waals surface area contributed by atoms with Gasteiger partial charge in [-0.25, -0.2) is 4.79 Å². The molecule has 5 heteroatoms. The molecule has 144 valence electrons. The van der Waals surface area contributed by atoms with Crippen molar-refractivity contribution in [3.05, 3.63) is 53.6 Å². The molecular formula is C22H28N2O3. The fraction of sp³-hybridized carbons (Fsp3) is 0.409. The van der Waals surface area contributed by atoms with Gasteiger partial charge in [-0.1, -0.05) is 18.2 Å². The van der Waals surface area contributed by atoms with E-state index in [0.717, 1.165) is 35.6 Å². The van der Waals surface area contributed by atoms with Gasteiger partial charge in [0, 0.05) is 24.2 Å². The number of aryl methyl sites for hydroxylation is 1. The standard InChI is InChI=1S/C22H28N2O3/c1-5-24(18-8-6-7-16(2)13-18)21(25)23-15-22(11-12-22)17-9-10-19(26-3)20(14-17)27-4/h6-10,13-14H,5,11-12,15H2,1-4H3,(H,23,25). The maximum absolute atomic E-state index is 12.8. The summed E-state index contributed by atoms with van der Waals surface area (Å²) in [5, 5.41) is 3.13. The molecule has 27 heavy (non-hydrogen) atoms. The zero-order valence-electron chi connectivity index (χ0n) is 16.5. The summed E-state index contributed by atoms with van der Waals surface area (Å²) in [6, 6.07) is 14.0. The number of carbonyl (C=O) groups is 1. The van der Waals surface area contributed by atoms with Gasteiger partial charge in [-0.3, -0.25) is 4.90 Å². The van der Waals surface area contributed by atoms with Gasteiger partial charge in [-0.15, -0.1) is 0 Å². The van der Waals surface area contributed by atoms with E-state index in [1.54, 1.807) is 19.1 Å². The number of amides is 2. The summed E-state index contributed by atoms with van der Waals surface area (Å²) in [7, 11) is 3.28. The highest BCUT2D eigenvalue weighted by Gasteiger charge is 2.45. The quantitative estimate of drug-likeness (QED) is 0.794. The van der Waals surface area contributed by atoms with Crippen molar-refractivity contribution in [2.45, 2.75) is 32.1 Å². The Kier molecular flexibility index (Phi) is 5.59. The number of hydrogen-bond donors (Lipinski definition) is 1. The van der Waals surface area contributed by atoms with Gasteiger partial charge in [0.15, 0.2) is 11.5 Å². The molecule has 0 spiro atoms. The molecule has 3 rings (SSSR count). The van der Waals surface area contributed by atoms with Gasteiger partial charge in [0.25, 0.3) is 0 Å². The monoisotopic (exact) mass is 368 g/mol. The van der Waals surface area contributed by atoms with Crippen molar-refractivity contribution < 1.29 is 14.3 Å². The van der Waals surface area contributed by atoms with Crippen LogP contribution in [0.4, 0.5) is 10.5 Å². The summed E-state index contributed by atoms with van der Waals surface area (Å²) in [6.45, 7) is 5.26. The Morgan fingerprint density at radius 2 is 1.85 bits per heavy atom. The Bertz CT molecular complexity index is 815. The summed E-state index contributed by atoms with van der Waals surface area (Å²) in [5.74, 6) is 1.44. The molecule has 2 amide bonds. The average molecular weight is 368 g/mol. The summed E-state index contributed by atoms with van der Waals surface area (Å²) in [4.78, 5) is 14.6. The van der Waals surface area contributed by atoms with Crippen molar-refractivity contribution in [3.8, 4) is 11.5 Å². The minimum absolute atomic E-state index is 0.0127. The Labute approximate surface area is 161 Å². The fourth-order valence-corrected chi connectivity index (χ4v) is 3.46. The molecule has 1 fully saturated rings. The third kappa shape index (κ3) is 4.02. The van der Waals surface area contributed by atoms with Crippen molar-refractivity contribution in [1.82, 2.24) is 5.32 Å². The number of rotatable bonds is 7. The second kappa shape index (κ2) is 7.91. The summed E-state index contributed by atoms with van der Waals surface area (Å²) >= 11 is 0. The third-order valence-corrected chi connectivity index (χ3v) is 5.30. The maximum Gasteiger partial charge on any atom is 0.321 e. The van der Waals surface area contributed by atoms with Crippen LogP contribution in [-0.2, 0) is 5.41 Å². The molecule has 1 aliphatic rings. The van der Waals surface area contributed by atoms with Gasteiger partial charge in [0.05, 0.1) is 14.2 Å². The van der Waals surface area contributed by atoms with Gasteiger partial charge < -0.3 is 14.8 Å². The molecule has 1 N–H and O–H groups in total. The number of hydrogen-bond acceptors (Lipinski definition) is 3. The van der Waals surface area contributed by atoms with Crippen molar-refractivity contribution >= 4 is 11.7 Å². The predicted octanol–water partition coefficient (Wildman–Crippen LogP) is 4.28. The number of anilines is 1. The average Bonchev–Trinajstić information content (AvgIpc) is 3.47. The number of nitrogens with one attached hydrogen (secondary N) is 1. The summed E-state index contributed by atoms with van der Waals surface area (Å²) < 4.78 is 10.8. The number of urea groups is 1. The van der Waals surface area contributed by atoms with Crippen LogP contribution in [0.5, 0.6) is 11.5 Å². The first-order valence-corrected chi connectivity index (χ1v) is 9.37. The van der Waals surface area contributed by atoms with E-state index in [1.807, 2.05) is 50.2 Å². The van der Waals surface area contributed by atoms with Crippen LogP contribution in [0.1, 0.15) is 30.9 Å². The van der Waals surface area contributed by atoms with Crippen LogP contribution in [0, 0.1) is 6.92 Å². The van der Waals surface area contributed by atoms with E-state index in [2.05, 4.69) is 11.4 Å². The number of benzene rings is 2. The zero-order chi connectivity index (χ0) is 19.4. The van der Waals surface area contributed by atoms with Gasteiger partial charge in [0.2, 0.25) is 0 Å². The molecule has 0 radical (unpaired) electrons. The minimum atomic E-state index is -0.0603. The molecule has 0 unspecified atom stereocenters. The smallest absolute Gasteiger partial charge is 0.321 e.